The Kier molecular flexibility index (Phi) is 5.12. The molecule has 2 unspecified atom stereocenters. The zero-order valence-corrected chi connectivity index (χ0v) is 13.8. The van der Waals surface area contributed by atoms with Gasteiger partial charge in [-0.15, -0.1) is 5.06 Å². The topological polar surface area (TPSA) is 96.0 Å². The van der Waals surface area contributed by atoms with Crippen molar-refractivity contribution in [3.05, 3.63) is 0 Å². The van der Waals surface area contributed by atoms with Crippen molar-refractivity contribution in [1.29, 1.82) is 0 Å². The first-order valence-electron chi connectivity index (χ1n) is 8.95. The first kappa shape index (κ1) is 14.6. The molecular weight excluding hydrogens is 304 g/mol. The van der Waals surface area contributed by atoms with Crippen molar-refractivity contribution in [3.8, 4) is 0 Å². The van der Waals surface area contributed by atoms with Crippen LogP contribution in [0.1, 0.15) is 44.1 Å². The molecule has 8 nitrogen and oxygen atoms in total. The number of hydroxylamine groups is 2. The lowest BCUT2D eigenvalue weighted by atomic mass is 10.0. The normalized spacial score (nSPS) is 20.1. The van der Waals surface area contributed by atoms with Gasteiger partial charge in [0.05, 0.1) is 6.04 Å². The number of imide groups is 1. The second-order valence-corrected chi connectivity index (χ2v) is 5.97. The number of hydrogen-bond acceptors (Lipinski definition) is 6. The molecule has 0 aromatic carbocycles. The van der Waals surface area contributed by atoms with Crippen molar-refractivity contribution in [2.75, 3.05) is 14.0 Å². The summed E-state index contributed by atoms with van der Waals surface area (Å²) in [6.07, 6.45) is 0.131. The molecule has 1 heterocycles. The van der Waals surface area contributed by atoms with Gasteiger partial charge < -0.3 is 10.2 Å². The lowest BCUT2D eigenvalue weighted by molar-refractivity contribution is -0.199. The zero-order chi connectivity index (χ0) is 20.2. The van der Waals surface area contributed by atoms with Crippen LogP contribution in [0.4, 0.5) is 0 Å². The molecule has 3 amide bonds. The molecule has 0 bridgehead atoms. The summed E-state index contributed by atoms with van der Waals surface area (Å²) in [6.45, 7) is 2.55. The molecule has 2 atom stereocenters. The second kappa shape index (κ2) is 8.05. The summed E-state index contributed by atoms with van der Waals surface area (Å²) in [7, 11) is 1.27. The molecule has 23 heavy (non-hydrogen) atoms. The summed E-state index contributed by atoms with van der Waals surface area (Å²) >= 11 is 0. The number of carbonyl (C=O) groups is 4. The van der Waals surface area contributed by atoms with Crippen LogP contribution in [0.2, 0.25) is 0 Å². The Morgan fingerprint density at radius 3 is 2.35 bits per heavy atom. The van der Waals surface area contributed by atoms with E-state index in [1.165, 1.54) is 14.0 Å². The highest BCUT2D eigenvalue weighted by Crippen LogP contribution is 2.14. The molecule has 0 radical (unpaired) electrons. The third-order valence-corrected chi connectivity index (χ3v) is 3.46. The van der Waals surface area contributed by atoms with Crippen LogP contribution in [0.25, 0.3) is 0 Å². The number of nitrogens with one attached hydrogen (secondary N) is 1. The maximum absolute atomic E-state index is 12.3. The Bertz CT molecular complexity index is 563. The van der Waals surface area contributed by atoms with E-state index in [9.17, 15) is 19.2 Å². The Morgan fingerprint density at radius 2 is 1.87 bits per heavy atom. The highest BCUT2D eigenvalue weighted by molar-refractivity contribution is 6.02. The van der Waals surface area contributed by atoms with Crippen LogP contribution in [0.15, 0.2) is 0 Å². The van der Waals surface area contributed by atoms with Gasteiger partial charge in [0.25, 0.3) is 11.8 Å². The van der Waals surface area contributed by atoms with Crippen molar-refractivity contribution in [2.24, 2.45) is 5.92 Å². The number of hydrogen-bond donors (Lipinski definition) is 1. The van der Waals surface area contributed by atoms with E-state index in [1.54, 1.807) is 0 Å². The molecule has 1 N–H and O–H groups in total. The third-order valence-electron chi connectivity index (χ3n) is 3.46. The summed E-state index contributed by atoms with van der Waals surface area (Å²) in [4.78, 5) is 53.6. The zero-order valence-electron chi connectivity index (χ0n) is 16.8. The van der Waals surface area contributed by atoms with Gasteiger partial charge in [0.2, 0.25) is 5.91 Å². The molecule has 0 spiro atoms. The number of nitrogens with zero attached hydrogens (tertiary/aromatic N) is 2. The Balaban J connectivity index is 2.82. The average Bonchev–Trinajstić information content (AvgIpc) is 2.83. The fourth-order valence-electron chi connectivity index (χ4n) is 1.97. The molecule has 0 aliphatic carbocycles. The van der Waals surface area contributed by atoms with Gasteiger partial charge in [0.15, 0.2) is 0 Å². The molecule has 1 aliphatic heterocycles. The summed E-state index contributed by atoms with van der Waals surface area (Å²) in [5.41, 5.74) is 0. The second-order valence-electron chi connectivity index (χ2n) is 5.97. The van der Waals surface area contributed by atoms with Gasteiger partial charge >= 0.3 is 5.97 Å². The number of carbonyl (C=O) groups excluding carboxylic acids is 4. The molecule has 1 rings (SSSR count). The molecular formula is C15H25N3O5. The highest BCUT2D eigenvalue weighted by Gasteiger charge is 2.35. The molecule has 130 valence electrons. The number of rotatable bonds is 7. The van der Waals surface area contributed by atoms with Gasteiger partial charge in [-0.25, -0.2) is 4.79 Å². The molecule has 8 heteroatoms. The Hall–Kier alpha value is -1.96. The van der Waals surface area contributed by atoms with Crippen molar-refractivity contribution in [2.45, 2.75) is 52.1 Å². The maximum atomic E-state index is 12.3. The van der Waals surface area contributed by atoms with E-state index in [1.807, 2.05) is 13.8 Å². The van der Waals surface area contributed by atoms with Crippen LogP contribution in [0.5, 0.6) is 0 Å². The summed E-state index contributed by atoms with van der Waals surface area (Å²) < 4.78 is 22.0. The van der Waals surface area contributed by atoms with E-state index in [0.717, 1.165) is 4.90 Å². The van der Waals surface area contributed by atoms with Crippen molar-refractivity contribution in [3.63, 3.8) is 0 Å². The predicted molar refractivity (Wildman–Crippen MR) is 81.7 cm³/mol. The maximum Gasteiger partial charge on any atom is 0.355 e. The third kappa shape index (κ3) is 5.31. The van der Waals surface area contributed by atoms with Crippen LogP contribution in [0, 0.1) is 5.92 Å². The van der Waals surface area contributed by atoms with E-state index in [4.69, 9.17) is 8.95 Å². The number of amides is 3. The number of likely N-dealkylation sites (N-methyl/N-ethyl adjacent to an activating group) is 1. The molecule has 0 saturated carbocycles. The summed E-state index contributed by atoms with van der Waals surface area (Å²) in [6, 6.07) is -2.14. The standard InChI is InChI=1S/C15H25N3O5/c1-9(2)8-11(16-14(21)10(3)17(4)5)15(22)23-18-12(19)6-7-13(18)20/h9-11H,6-8H2,1-5H3,(H,16,21)/i4D3,14+1,17+1. The minimum Gasteiger partial charge on any atom is -0.341 e. The Morgan fingerprint density at radius 1 is 1.30 bits per heavy atom. The van der Waals surface area contributed by atoms with E-state index >= 15 is 0 Å². The quantitative estimate of drug-likeness (QED) is 0.403. The van der Waals surface area contributed by atoms with Crippen LogP contribution in [-0.2, 0) is 24.0 Å². The van der Waals surface area contributed by atoms with Crippen molar-refractivity contribution >= 4 is 23.7 Å². The van der Waals surface area contributed by atoms with Crippen LogP contribution >= 0.6 is 0 Å². The minimum absolute atomic E-state index is 0.00603. The minimum atomic E-state index is -2.47. The van der Waals surface area contributed by atoms with Crippen molar-refractivity contribution < 1.29 is 28.1 Å². The SMILES string of the molecule is [2H]C([2H])([2H])[15N](C)C(C)[13C](=O)NC(CC(C)C)C(=O)ON1C(=O)CCC1=O. The van der Waals surface area contributed by atoms with E-state index in [0.29, 0.717) is 5.06 Å². The average molecular weight is 332 g/mol. The molecule has 0 aromatic rings. The Labute approximate surface area is 140 Å². The lowest BCUT2D eigenvalue weighted by Crippen LogP contribution is -2.50. The molecule has 1 aliphatic rings. The first-order chi connectivity index (χ1) is 11.8. The van der Waals surface area contributed by atoms with Gasteiger partial charge in [-0.1, -0.05) is 13.8 Å². The fourth-order valence-corrected chi connectivity index (χ4v) is 1.97. The molecule has 0 aromatic heterocycles. The monoisotopic (exact) mass is 332 g/mol. The predicted octanol–water partition coefficient (Wildman–Crippen LogP) is 0.0746. The van der Waals surface area contributed by atoms with Gasteiger partial charge in [0.1, 0.15) is 6.04 Å². The molecule has 1 fully saturated rings. The molecule has 1 saturated heterocycles. The largest absolute Gasteiger partial charge is 0.355 e. The van der Waals surface area contributed by atoms with Crippen molar-refractivity contribution in [1.82, 2.24) is 15.3 Å². The summed E-state index contributed by atoms with van der Waals surface area (Å²) in [5, 5.41) is 2.87. The van der Waals surface area contributed by atoms with Gasteiger partial charge in [-0.3, -0.25) is 19.3 Å². The van der Waals surface area contributed by atoms with Crippen LogP contribution in [0.3, 0.4) is 0 Å². The van der Waals surface area contributed by atoms with E-state index < -0.39 is 42.8 Å². The van der Waals surface area contributed by atoms with Crippen LogP contribution in [-0.4, -0.2) is 59.8 Å². The van der Waals surface area contributed by atoms with Gasteiger partial charge in [-0.05, 0) is 33.3 Å². The lowest BCUT2D eigenvalue weighted by Gasteiger charge is -2.25. The van der Waals surface area contributed by atoms with Crippen LogP contribution < -0.4 is 5.32 Å². The fraction of sp³-hybridized carbons (Fsp3) is 0.733. The van der Waals surface area contributed by atoms with Gasteiger partial charge in [-0.2, -0.15) is 0 Å². The van der Waals surface area contributed by atoms with E-state index in [2.05, 4.69) is 5.32 Å². The first-order valence-corrected chi connectivity index (χ1v) is 7.45. The highest BCUT2D eigenvalue weighted by atomic mass is 16.7. The van der Waals surface area contributed by atoms with Gasteiger partial charge in [0, 0.05) is 17.0 Å². The smallest absolute Gasteiger partial charge is 0.341 e. The summed E-state index contributed by atoms with van der Waals surface area (Å²) in [5.74, 6) is -2.86. The van der Waals surface area contributed by atoms with E-state index in [-0.39, 0.29) is 25.2 Å².